The summed E-state index contributed by atoms with van der Waals surface area (Å²) < 4.78 is 0. The fourth-order valence-electron chi connectivity index (χ4n) is 8.92. The zero-order chi connectivity index (χ0) is 39.5. The van der Waals surface area contributed by atoms with E-state index in [1.165, 1.54) is 6.92 Å². The Balaban J connectivity index is 1.41. The number of carbonyl (C=O) groups excluding carboxylic acids is 7. The van der Waals surface area contributed by atoms with Crippen molar-refractivity contribution in [1.82, 2.24) is 31.2 Å². The number of H-pyrrole nitrogens is 1. The number of Topliss-reactive ketones (excluding diaryl/α,β-unsaturated/α-hetero) is 2. The number of fused-ring (bicyclic) bond motifs is 1. The van der Waals surface area contributed by atoms with Gasteiger partial charge in [-0.05, 0) is 95.0 Å². The molecule has 1 aromatic heterocycles. The minimum absolute atomic E-state index is 0.000881. The van der Waals surface area contributed by atoms with E-state index in [9.17, 15) is 33.6 Å². The molecule has 2 heterocycles. The molecule has 6 atom stereocenters. The van der Waals surface area contributed by atoms with Crippen LogP contribution in [0.15, 0.2) is 0 Å². The number of rotatable bonds is 14. The molecule has 1 aliphatic heterocycles. The van der Waals surface area contributed by atoms with Gasteiger partial charge < -0.3 is 31.2 Å². The van der Waals surface area contributed by atoms with Crippen molar-refractivity contribution in [2.75, 3.05) is 0 Å². The van der Waals surface area contributed by atoms with Crippen molar-refractivity contribution in [1.29, 1.82) is 0 Å². The molecule has 3 saturated carbocycles. The number of aromatic nitrogens is 1. The molecule has 13 heteroatoms. The molecule has 298 valence electrons. The van der Waals surface area contributed by atoms with Crippen LogP contribution in [-0.4, -0.2) is 87.2 Å². The number of hydrogen-bond acceptors (Lipinski definition) is 7. The van der Waals surface area contributed by atoms with Crippen molar-refractivity contribution in [3.05, 3.63) is 22.5 Å². The van der Waals surface area contributed by atoms with Gasteiger partial charge in [-0.2, -0.15) is 0 Å². The molecule has 0 aromatic carbocycles. The highest BCUT2D eigenvalue weighted by Gasteiger charge is 2.51. The zero-order valence-electron chi connectivity index (χ0n) is 33.3. The highest BCUT2D eigenvalue weighted by Crippen LogP contribution is 2.41. The first-order valence-corrected chi connectivity index (χ1v) is 20.3. The van der Waals surface area contributed by atoms with Gasteiger partial charge in [-0.1, -0.05) is 66.2 Å². The predicted molar refractivity (Wildman–Crippen MR) is 203 cm³/mol. The van der Waals surface area contributed by atoms with Crippen LogP contribution in [0.25, 0.3) is 0 Å². The van der Waals surface area contributed by atoms with Gasteiger partial charge in [0, 0.05) is 17.8 Å². The van der Waals surface area contributed by atoms with E-state index in [0.29, 0.717) is 36.1 Å². The number of carbonyl (C=O) groups is 7. The molecule has 1 aromatic rings. The van der Waals surface area contributed by atoms with Crippen molar-refractivity contribution < 1.29 is 33.6 Å². The van der Waals surface area contributed by atoms with Crippen LogP contribution in [-0.2, 0) is 24.0 Å². The average Bonchev–Trinajstić information content (AvgIpc) is 3.77. The van der Waals surface area contributed by atoms with Crippen LogP contribution in [0.2, 0.25) is 0 Å². The van der Waals surface area contributed by atoms with Crippen molar-refractivity contribution in [2.24, 2.45) is 17.3 Å². The van der Waals surface area contributed by atoms with E-state index in [4.69, 9.17) is 0 Å². The monoisotopic (exact) mass is 750 g/mol. The lowest BCUT2D eigenvalue weighted by Crippen LogP contribution is -2.63. The topological polar surface area (TPSA) is 187 Å². The number of aromatic amines is 1. The summed E-state index contributed by atoms with van der Waals surface area (Å²) >= 11 is 0. The van der Waals surface area contributed by atoms with E-state index in [0.717, 1.165) is 70.6 Å². The van der Waals surface area contributed by atoms with Crippen molar-refractivity contribution in [2.45, 2.75) is 175 Å². The van der Waals surface area contributed by atoms with Gasteiger partial charge in [-0.25, -0.2) is 0 Å². The number of hydrogen-bond donors (Lipinski definition) is 5. The smallest absolute Gasteiger partial charge is 0.289 e. The molecule has 5 N–H and O–H groups in total. The standard InChI is InChI=1S/C41H62N6O7/c1-8-14-28(34(49)39(53)43-27-19-20-27)44-36(50)30-21-26-17-12-13-18-29(26)47(30)40(54)35(41(5,6)7)46-37(51)32(25-15-10-9-11-16-25)45-38(52)33-31(24(4)48)22(2)23(3)42-33/h25-30,32,35,42H,8-21H2,1-7H3,(H,43,53)(H,44,50)(H,45,52)(H,46,51)/t26?,28-,29?,30+,32-,35+/m0/s1. The third-order valence-corrected chi connectivity index (χ3v) is 12.2. The van der Waals surface area contributed by atoms with E-state index in [1.807, 2.05) is 27.7 Å². The Morgan fingerprint density at radius 2 is 1.50 bits per heavy atom. The molecule has 0 radical (unpaired) electrons. The molecule has 2 unspecified atom stereocenters. The number of ketones is 2. The van der Waals surface area contributed by atoms with Gasteiger partial charge in [-0.3, -0.25) is 33.6 Å². The maximum Gasteiger partial charge on any atom is 0.289 e. The molecule has 0 bridgehead atoms. The normalized spacial score (nSPS) is 23.4. The second-order valence-electron chi connectivity index (χ2n) is 17.4. The van der Waals surface area contributed by atoms with Gasteiger partial charge in [-0.15, -0.1) is 0 Å². The van der Waals surface area contributed by atoms with Crippen molar-refractivity contribution in [3.63, 3.8) is 0 Å². The maximum atomic E-state index is 15.0. The summed E-state index contributed by atoms with van der Waals surface area (Å²) in [5.74, 6) is -3.59. The molecule has 1 saturated heterocycles. The number of nitrogens with one attached hydrogen (secondary N) is 5. The summed E-state index contributed by atoms with van der Waals surface area (Å²) in [6.45, 7) is 12.5. The lowest BCUT2D eigenvalue weighted by Gasteiger charge is -2.40. The lowest BCUT2D eigenvalue weighted by atomic mass is 9.81. The second kappa shape index (κ2) is 17.2. The van der Waals surface area contributed by atoms with Gasteiger partial charge in [0.2, 0.25) is 23.5 Å². The van der Waals surface area contributed by atoms with Crippen LogP contribution >= 0.6 is 0 Å². The molecule has 13 nitrogen and oxygen atoms in total. The largest absolute Gasteiger partial charge is 0.354 e. The summed E-state index contributed by atoms with van der Waals surface area (Å²) in [5.41, 5.74) is 1.01. The molecular formula is C41H62N6O7. The number of aryl methyl sites for hydroxylation is 1. The van der Waals surface area contributed by atoms with Crippen LogP contribution in [0, 0.1) is 31.1 Å². The first kappa shape index (κ1) is 41.1. The van der Waals surface area contributed by atoms with Gasteiger partial charge in [0.15, 0.2) is 5.78 Å². The molecule has 54 heavy (non-hydrogen) atoms. The van der Waals surface area contributed by atoms with Crippen LogP contribution in [0.3, 0.4) is 0 Å². The number of nitrogens with zero attached hydrogens (tertiary/aromatic N) is 1. The van der Waals surface area contributed by atoms with Crippen molar-refractivity contribution >= 4 is 41.1 Å². The molecule has 4 fully saturated rings. The quantitative estimate of drug-likeness (QED) is 0.138. The molecule has 5 amide bonds. The SMILES string of the molecule is CCC[C@H](NC(=O)[C@H]1CC2CCCCC2N1C(=O)[C@@H](NC(=O)[C@@H](NC(=O)c1[nH]c(C)c(C)c1C(C)=O)C1CCCCC1)C(C)(C)C)C(=O)C(=O)NC1CC1. The molecule has 0 spiro atoms. The Morgan fingerprint density at radius 1 is 0.852 bits per heavy atom. The minimum Gasteiger partial charge on any atom is -0.354 e. The Kier molecular flexibility index (Phi) is 13.1. The third-order valence-electron chi connectivity index (χ3n) is 12.2. The third kappa shape index (κ3) is 9.25. The van der Waals surface area contributed by atoms with E-state index in [2.05, 4.69) is 26.3 Å². The highest BCUT2D eigenvalue weighted by atomic mass is 16.2. The Bertz CT molecular complexity index is 1620. The van der Waals surface area contributed by atoms with Gasteiger partial charge >= 0.3 is 0 Å². The van der Waals surface area contributed by atoms with Crippen LogP contribution in [0.1, 0.15) is 157 Å². The van der Waals surface area contributed by atoms with Gasteiger partial charge in [0.05, 0.1) is 11.6 Å². The summed E-state index contributed by atoms with van der Waals surface area (Å²) in [5, 5.41) is 11.6. The first-order valence-electron chi connectivity index (χ1n) is 20.3. The summed E-state index contributed by atoms with van der Waals surface area (Å²) in [6.07, 6.45) is 10.7. The summed E-state index contributed by atoms with van der Waals surface area (Å²) in [7, 11) is 0. The van der Waals surface area contributed by atoms with E-state index < -0.39 is 59.0 Å². The van der Waals surface area contributed by atoms with E-state index in [-0.39, 0.29) is 41.3 Å². The highest BCUT2D eigenvalue weighted by molar-refractivity contribution is 6.38. The average molecular weight is 751 g/mol. The zero-order valence-corrected chi connectivity index (χ0v) is 33.3. The minimum atomic E-state index is -1.04. The molecule has 3 aliphatic carbocycles. The summed E-state index contributed by atoms with van der Waals surface area (Å²) in [4.78, 5) is 101. The predicted octanol–water partition coefficient (Wildman–Crippen LogP) is 4.34. The van der Waals surface area contributed by atoms with Crippen LogP contribution < -0.4 is 21.3 Å². The van der Waals surface area contributed by atoms with E-state index >= 15 is 0 Å². The molecule has 4 aliphatic rings. The maximum absolute atomic E-state index is 15.0. The Morgan fingerprint density at radius 3 is 2.11 bits per heavy atom. The number of amides is 5. The fraction of sp³-hybridized carbons (Fsp3) is 0.732. The Hall–Kier alpha value is -4.03. The van der Waals surface area contributed by atoms with Crippen molar-refractivity contribution in [3.8, 4) is 0 Å². The Labute approximate surface area is 319 Å². The van der Waals surface area contributed by atoms with Gasteiger partial charge in [0.1, 0.15) is 23.8 Å². The summed E-state index contributed by atoms with van der Waals surface area (Å²) in [6, 6.07) is -4.08. The first-order chi connectivity index (χ1) is 25.5. The number of likely N-dealkylation sites (tertiary alicyclic amines) is 1. The molecule has 5 rings (SSSR count). The van der Waals surface area contributed by atoms with Crippen LogP contribution in [0.5, 0.6) is 0 Å². The van der Waals surface area contributed by atoms with Crippen LogP contribution in [0.4, 0.5) is 0 Å². The second-order valence-corrected chi connectivity index (χ2v) is 17.4. The van der Waals surface area contributed by atoms with Gasteiger partial charge in [0.25, 0.3) is 11.8 Å². The molecular weight excluding hydrogens is 688 g/mol. The fourth-order valence-corrected chi connectivity index (χ4v) is 8.92. The lowest BCUT2D eigenvalue weighted by molar-refractivity contribution is -0.147. The van der Waals surface area contributed by atoms with E-state index in [1.54, 1.807) is 18.7 Å².